The molecule has 68 heavy (non-hydrogen) atoms. The molecule has 18 heteroatoms. The minimum Gasteiger partial charge on any atom is -0.462 e. The Balaban J connectivity index is 1.14. The van der Waals surface area contributed by atoms with Gasteiger partial charge >= 0.3 is 16.3 Å². The number of carbonyl (C=O) groups excluding carboxylic acids is 1. The van der Waals surface area contributed by atoms with E-state index in [1.165, 1.54) is 7.11 Å². The lowest BCUT2D eigenvalue weighted by Crippen LogP contribution is -2.58. The van der Waals surface area contributed by atoms with Crippen LogP contribution < -0.4 is 4.72 Å². The Morgan fingerprint density at radius 2 is 1.57 bits per heavy atom. The van der Waals surface area contributed by atoms with Gasteiger partial charge in [-0.05, 0) is 62.8 Å². The number of nitrogens with one attached hydrogen (secondary N) is 1. The molecular weight excluding hydrogens is 903 g/mol. The Kier molecular flexibility index (Phi) is 17.4. The molecule has 7 rings (SSSR count). The largest absolute Gasteiger partial charge is 0.462 e. The second-order valence-electron chi connectivity index (χ2n) is 20.0. The van der Waals surface area contributed by atoms with Gasteiger partial charge in [-0.3, -0.25) is 4.79 Å². The van der Waals surface area contributed by atoms with E-state index in [-0.39, 0.29) is 49.9 Å². The first-order valence-corrected chi connectivity index (χ1v) is 26.0. The summed E-state index contributed by atoms with van der Waals surface area (Å²) in [6.45, 7) is 17.7. The van der Waals surface area contributed by atoms with Gasteiger partial charge in [-0.15, -0.1) is 0 Å². The molecule has 1 unspecified atom stereocenters. The number of esters is 1. The standard InChI is InChI=1S/C50H77NO16S/c1-12-27(3)44-30(6)19-20-49(66-44)25-36-22-35(65-49)18-17-29(5)43(28(4)15-14-16-34-26-59-47-42(52)31(7)21-37(48(53)62-36)50(34,47)54)63-40-23-38(57-10)45(32(8)60-40)64-41-24-39(58-11)46(33(9)61-41)67-68(55,56)51-13-2/h14-17,19-21,27-28,30,32-33,35-47,51-52,54H,12-13,18,22-26H2,1-11H3/t27?,28-,30-,32-,33-,35+,36-,37-,38-,39-,40-,41-,42+,43-,44+,45-,46-,47+,49+,50+/m0/s1. The Hall–Kier alpha value is -2.40. The van der Waals surface area contributed by atoms with Gasteiger partial charge < -0.3 is 57.6 Å². The van der Waals surface area contributed by atoms with Crippen molar-refractivity contribution in [1.29, 1.82) is 0 Å². The highest BCUT2D eigenvalue weighted by Crippen LogP contribution is 2.47. The lowest BCUT2D eigenvalue weighted by Gasteiger charge is -2.48. The number of carbonyl (C=O) groups is 1. The van der Waals surface area contributed by atoms with Crippen LogP contribution in [0.15, 0.2) is 59.3 Å². The van der Waals surface area contributed by atoms with Crippen LogP contribution in [0.4, 0.5) is 0 Å². The van der Waals surface area contributed by atoms with Crippen molar-refractivity contribution in [3.05, 3.63) is 59.3 Å². The molecule has 0 saturated carbocycles. The third-order valence-corrected chi connectivity index (χ3v) is 16.1. The molecule has 0 aromatic heterocycles. The van der Waals surface area contributed by atoms with Gasteiger partial charge in [0.2, 0.25) is 0 Å². The summed E-state index contributed by atoms with van der Waals surface area (Å²) in [6.07, 6.45) is 6.89. The summed E-state index contributed by atoms with van der Waals surface area (Å²) in [6, 6.07) is 0. The van der Waals surface area contributed by atoms with E-state index < -0.39 is 113 Å². The van der Waals surface area contributed by atoms with Crippen molar-refractivity contribution >= 4 is 16.3 Å². The topological polar surface area (TPSA) is 205 Å². The van der Waals surface area contributed by atoms with Crippen LogP contribution in [0.1, 0.15) is 101 Å². The van der Waals surface area contributed by atoms with Crippen molar-refractivity contribution in [2.24, 2.45) is 23.7 Å². The van der Waals surface area contributed by atoms with Crippen molar-refractivity contribution in [2.45, 2.75) is 198 Å². The van der Waals surface area contributed by atoms with Gasteiger partial charge in [-0.2, -0.15) is 13.1 Å². The molecule has 17 nitrogen and oxygen atoms in total. The van der Waals surface area contributed by atoms with Crippen LogP contribution >= 0.6 is 0 Å². The van der Waals surface area contributed by atoms with Crippen LogP contribution in [0.5, 0.6) is 0 Å². The van der Waals surface area contributed by atoms with Crippen LogP contribution in [0.25, 0.3) is 0 Å². The molecule has 20 atom stereocenters. The van der Waals surface area contributed by atoms with Crippen LogP contribution in [0, 0.1) is 23.7 Å². The minimum absolute atomic E-state index is 0.00999. The smallest absolute Gasteiger partial charge is 0.336 e. The Morgan fingerprint density at radius 1 is 0.897 bits per heavy atom. The zero-order chi connectivity index (χ0) is 49.3. The molecule has 384 valence electrons. The van der Waals surface area contributed by atoms with Gasteiger partial charge in [0.25, 0.3) is 0 Å². The van der Waals surface area contributed by atoms with Crippen LogP contribution in [-0.2, 0) is 66.7 Å². The van der Waals surface area contributed by atoms with Gasteiger partial charge in [-0.25, -0.2) is 4.18 Å². The van der Waals surface area contributed by atoms with E-state index in [1.54, 1.807) is 40.0 Å². The Morgan fingerprint density at radius 3 is 2.25 bits per heavy atom. The number of aliphatic hydroxyl groups is 2. The molecular formula is C50H77NO16S. The first-order chi connectivity index (χ1) is 32.2. The van der Waals surface area contributed by atoms with E-state index in [1.807, 2.05) is 39.0 Å². The van der Waals surface area contributed by atoms with Crippen molar-refractivity contribution < 1.29 is 75.0 Å². The Bertz CT molecular complexity index is 2030. The molecule has 3 N–H and O–H groups in total. The van der Waals surface area contributed by atoms with Gasteiger partial charge in [0.15, 0.2) is 18.4 Å². The molecule has 4 fully saturated rings. The summed E-state index contributed by atoms with van der Waals surface area (Å²) in [5, 5.41) is 23.8. The highest BCUT2D eigenvalue weighted by Gasteiger charge is 2.60. The Labute approximate surface area is 403 Å². The molecule has 7 aliphatic rings. The predicted octanol–water partition coefficient (Wildman–Crippen LogP) is 5.26. The lowest BCUT2D eigenvalue weighted by atomic mass is 9.71. The monoisotopic (exact) mass is 979 g/mol. The number of aliphatic hydroxyl groups excluding tert-OH is 1. The number of allylic oxidation sites excluding steroid dienone is 2. The SMILES string of the molecule is CCNS(=O)(=O)O[C@H]1[C@H](C)O[C@@H](O[C@H]2[C@H](C)O[C@@H](O[C@@H]3C(C)=CC[C@@H]4C[C@@H](C[C@]5(C=C[C@H](C)[C@@H](C(C)CC)O5)O4)OC(=O)[C@@H]4C=C(C)[C@@H](O)[C@H]5OCC(=CC=C[C@@H]3C)[C@]54O)C[C@@H]2OC)C[C@@H]1OC. The predicted molar refractivity (Wildman–Crippen MR) is 249 cm³/mol. The lowest BCUT2D eigenvalue weighted by molar-refractivity contribution is -0.317. The highest BCUT2D eigenvalue weighted by atomic mass is 32.2. The zero-order valence-electron chi connectivity index (χ0n) is 41.6. The van der Waals surface area contributed by atoms with Gasteiger partial charge in [0, 0.05) is 58.3 Å². The van der Waals surface area contributed by atoms with Crippen LogP contribution in [0.2, 0.25) is 0 Å². The summed E-state index contributed by atoms with van der Waals surface area (Å²) < 4.78 is 96.9. The minimum atomic E-state index is -4.02. The number of hydrogen-bond donors (Lipinski definition) is 3. The second-order valence-corrected chi connectivity index (χ2v) is 21.4. The van der Waals surface area contributed by atoms with E-state index in [0.29, 0.717) is 30.4 Å². The number of ether oxygens (including phenoxy) is 10. The number of rotatable bonds is 12. The molecule has 6 aliphatic heterocycles. The molecule has 0 aromatic carbocycles. The molecule has 2 bridgehead atoms. The normalized spacial score (nSPS) is 44.1. The van der Waals surface area contributed by atoms with Crippen LogP contribution in [0.3, 0.4) is 0 Å². The van der Waals surface area contributed by atoms with Crippen LogP contribution in [-0.4, -0.2) is 149 Å². The maximum Gasteiger partial charge on any atom is 0.336 e. The van der Waals surface area contributed by atoms with Crippen molar-refractivity contribution in [3.8, 4) is 0 Å². The second kappa shape index (κ2) is 22.2. The first-order valence-electron chi connectivity index (χ1n) is 24.6. The molecule has 0 radical (unpaired) electrons. The zero-order valence-corrected chi connectivity index (χ0v) is 42.4. The van der Waals surface area contributed by atoms with E-state index >= 15 is 0 Å². The summed E-state index contributed by atoms with van der Waals surface area (Å²) >= 11 is 0. The van der Waals surface area contributed by atoms with Crippen molar-refractivity contribution in [2.75, 3.05) is 27.4 Å². The molecule has 0 amide bonds. The summed E-state index contributed by atoms with van der Waals surface area (Å²) in [5.74, 6) is -2.71. The van der Waals surface area contributed by atoms with Crippen molar-refractivity contribution in [3.63, 3.8) is 0 Å². The number of methoxy groups -OCH3 is 2. The van der Waals surface area contributed by atoms with Crippen molar-refractivity contribution in [1.82, 2.24) is 4.72 Å². The quantitative estimate of drug-likeness (QED) is 0.169. The van der Waals surface area contributed by atoms with Gasteiger partial charge in [0.1, 0.15) is 42.0 Å². The maximum atomic E-state index is 14.4. The highest BCUT2D eigenvalue weighted by molar-refractivity contribution is 7.84. The molecule has 1 spiro atoms. The molecule has 6 heterocycles. The molecule has 0 aromatic rings. The average Bonchev–Trinajstić information content (AvgIpc) is 3.63. The van der Waals surface area contributed by atoms with Gasteiger partial charge in [0.05, 0.1) is 49.3 Å². The molecule has 1 aliphatic carbocycles. The maximum absolute atomic E-state index is 14.4. The van der Waals surface area contributed by atoms with E-state index in [2.05, 4.69) is 37.6 Å². The summed E-state index contributed by atoms with van der Waals surface area (Å²) in [4.78, 5) is 14.4. The first kappa shape index (κ1) is 53.4. The third kappa shape index (κ3) is 11.4. The fourth-order valence-electron chi connectivity index (χ4n) is 11.0. The van der Waals surface area contributed by atoms with E-state index in [4.69, 9.17) is 51.6 Å². The average molecular weight is 980 g/mol. The summed E-state index contributed by atoms with van der Waals surface area (Å²) in [5.41, 5.74) is 0.0393. The number of hydrogen-bond acceptors (Lipinski definition) is 16. The fraction of sp³-hybridized carbons (Fsp3) is 0.780. The third-order valence-electron chi connectivity index (χ3n) is 15.0. The molecule has 4 saturated heterocycles. The van der Waals surface area contributed by atoms with E-state index in [9.17, 15) is 23.4 Å². The van der Waals surface area contributed by atoms with Gasteiger partial charge in [-0.1, -0.05) is 77.5 Å². The number of fused-ring (bicyclic) bond motifs is 2. The van der Waals surface area contributed by atoms with E-state index in [0.717, 1.165) is 12.0 Å². The fourth-order valence-corrected chi connectivity index (χ4v) is 12.0. The summed E-state index contributed by atoms with van der Waals surface area (Å²) in [7, 11) is -0.912.